The monoisotopic (exact) mass is 488 g/mol. The van der Waals surface area contributed by atoms with E-state index in [0.717, 1.165) is 21.3 Å². The Morgan fingerprint density at radius 2 is 2.03 bits per heavy atom. The second-order valence-corrected chi connectivity index (χ2v) is 9.31. The minimum atomic E-state index is -0.402. The first kappa shape index (κ1) is 22.0. The summed E-state index contributed by atoms with van der Waals surface area (Å²) >= 11 is 3.48. The van der Waals surface area contributed by atoms with Crippen LogP contribution in [0.15, 0.2) is 46.9 Å². The number of rotatable bonds is 5. The lowest BCUT2D eigenvalue weighted by molar-refractivity contribution is -0.126. The summed E-state index contributed by atoms with van der Waals surface area (Å²) in [5.74, 6) is -0.864. The van der Waals surface area contributed by atoms with Gasteiger partial charge in [0.15, 0.2) is 0 Å². The number of carbonyl (C=O) groups excluding carboxylic acids is 2. The summed E-state index contributed by atoms with van der Waals surface area (Å²) in [6.07, 6.45) is 1.62. The molecule has 7 heteroatoms. The third-order valence-corrected chi connectivity index (χ3v) is 7.33. The van der Waals surface area contributed by atoms with Gasteiger partial charge in [-0.2, -0.15) is 0 Å². The van der Waals surface area contributed by atoms with Gasteiger partial charge in [-0.25, -0.2) is 4.39 Å². The Morgan fingerprint density at radius 1 is 1.26 bits per heavy atom. The van der Waals surface area contributed by atoms with Crippen molar-refractivity contribution in [1.82, 2.24) is 5.32 Å². The van der Waals surface area contributed by atoms with Crippen molar-refractivity contribution in [1.29, 1.82) is 0 Å². The molecule has 2 aromatic carbocycles. The molecule has 2 heterocycles. The molecule has 0 aromatic heterocycles. The topological polar surface area (TPSA) is 58.6 Å². The maximum Gasteiger partial charge on any atom is 0.227 e. The van der Waals surface area contributed by atoms with Gasteiger partial charge >= 0.3 is 0 Å². The molecule has 31 heavy (non-hydrogen) atoms. The van der Waals surface area contributed by atoms with Crippen molar-refractivity contribution < 1.29 is 18.7 Å². The van der Waals surface area contributed by atoms with Crippen LogP contribution in [0.2, 0.25) is 0 Å². The van der Waals surface area contributed by atoms with Crippen LogP contribution in [0, 0.1) is 18.7 Å². The fourth-order valence-corrected chi connectivity index (χ4v) is 4.72. The average molecular weight is 489 g/mol. The number of amides is 2. The molecule has 2 aliphatic heterocycles. The van der Waals surface area contributed by atoms with Crippen molar-refractivity contribution in [2.75, 3.05) is 31.2 Å². The van der Waals surface area contributed by atoms with Crippen LogP contribution in [0.5, 0.6) is 0 Å². The lowest BCUT2D eigenvalue weighted by atomic mass is 9.74. The van der Waals surface area contributed by atoms with Crippen LogP contribution in [-0.2, 0) is 19.7 Å². The number of ether oxygens (including phenoxy) is 1. The molecule has 2 fully saturated rings. The lowest BCUT2D eigenvalue weighted by Gasteiger charge is -2.38. The van der Waals surface area contributed by atoms with Gasteiger partial charge in [0.05, 0.1) is 5.92 Å². The first-order chi connectivity index (χ1) is 14.9. The van der Waals surface area contributed by atoms with Crippen molar-refractivity contribution >= 4 is 33.4 Å². The number of hydrogen-bond donors (Lipinski definition) is 1. The Hall–Kier alpha value is -2.25. The third kappa shape index (κ3) is 4.67. The summed E-state index contributed by atoms with van der Waals surface area (Å²) < 4.78 is 20.4. The minimum Gasteiger partial charge on any atom is -0.381 e. The molecule has 164 valence electrons. The second kappa shape index (κ2) is 9.09. The molecule has 1 atom stereocenters. The fraction of sp³-hybridized carbons (Fsp3) is 0.417. The van der Waals surface area contributed by atoms with E-state index in [1.165, 1.54) is 6.07 Å². The van der Waals surface area contributed by atoms with E-state index in [-0.39, 0.29) is 29.5 Å². The Kier molecular flexibility index (Phi) is 6.44. The third-order valence-electron chi connectivity index (χ3n) is 6.44. The van der Waals surface area contributed by atoms with Crippen LogP contribution >= 0.6 is 15.9 Å². The number of carbonyl (C=O) groups is 2. The number of nitrogens with zero attached hydrogens (tertiary/aromatic N) is 1. The smallest absolute Gasteiger partial charge is 0.227 e. The van der Waals surface area contributed by atoms with Crippen LogP contribution in [-0.4, -0.2) is 38.1 Å². The first-order valence-corrected chi connectivity index (χ1v) is 11.4. The van der Waals surface area contributed by atoms with E-state index in [2.05, 4.69) is 21.2 Å². The van der Waals surface area contributed by atoms with Gasteiger partial charge in [-0.05, 0) is 61.2 Å². The molecule has 2 aliphatic rings. The second-order valence-electron chi connectivity index (χ2n) is 8.46. The van der Waals surface area contributed by atoms with Gasteiger partial charge in [0.1, 0.15) is 5.82 Å². The molecule has 2 saturated heterocycles. The zero-order chi connectivity index (χ0) is 22.0. The standard InChI is InChI=1S/C24H26BrFN2O3/c1-16-11-20(5-6-21(16)25)28-14-17(12-22(28)29)23(30)27-15-24(7-9-31-10-8-24)18-3-2-4-19(26)13-18/h2-6,11,13,17H,7-10,12,14-15H2,1H3,(H,27,30). The largest absolute Gasteiger partial charge is 0.381 e. The van der Waals surface area contributed by atoms with E-state index in [9.17, 15) is 14.0 Å². The number of hydrogen-bond acceptors (Lipinski definition) is 3. The molecule has 0 spiro atoms. The summed E-state index contributed by atoms with van der Waals surface area (Å²) in [4.78, 5) is 27.2. The fourth-order valence-electron chi connectivity index (χ4n) is 4.48. The number of halogens is 2. The average Bonchev–Trinajstić information content (AvgIpc) is 3.16. The first-order valence-electron chi connectivity index (χ1n) is 10.6. The summed E-state index contributed by atoms with van der Waals surface area (Å²) in [6.45, 7) is 3.89. The van der Waals surface area contributed by atoms with Crippen molar-refractivity contribution in [3.8, 4) is 0 Å². The van der Waals surface area contributed by atoms with Gasteiger partial charge in [-0.15, -0.1) is 0 Å². The van der Waals surface area contributed by atoms with Crippen LogP contribution < -0.4 is 10.2 Å². The normalized spacial score (nSPS) is 20.7. The van der Waals surface area contributed by atoms with E-state index in [0.29, 0.717) is 39.1 Å². The highest BCUT2D eigenvalue weighted by Gasteiger charge is 2.38. The molecule has 0 radical (unpaired) electrons. The molecular weight excluding hydrogens is 463 g/mol. The summed E-state index contributed by atoms with van der Waals surface area (Å²) in [6, 6.07) is 12.3. The SMILES string of the molecule is Cc1cc(N2CC(C(=O)NCC3(c4cccc(F)c4)CCOCC3)CC2=O)ccc1Br. The number of anilines is 1. The van der Waals surface area contributed by atoms with E-state index in [4.69, 9.17) is 4.74 Å². The zero-order valence-electron chi connectivity index (χ0n) is 17.5. The van der Waals surface area contributed by atoms with Gasteiger partial charge in [0.25, 0.3) is 0 Å². The molecule has 2 aromatic rings. The predicted octanol–water partition coefficient (Wildman–Crippen LogP) is 4.11. The van der Waals surface area contributed by atoms with Gasteiger partial charge in [-0.1, -0.05) is 28.1 Å². The number of nitrogens with one attached hydrogen (secondary N) is 1. The molecule has 0 aliphatic carbocycles. The van der Waals surface area contributed by atoms with Crippen LogP contribution in [0.25, 0.3) is 0 Å². The molecule has 2 amide bonds. The van der Waals surface area contributed by atoms with E-state index >= 15 is 0 Å². The summed E-state index contributed by atoms with van der Waals surface area (Å²) in [5.41, 5.74) is 2.36. The highest BCUT2D eigenvalue weighted by atomic mass is 79.9. The highest BCUT2D eigenvalue weighted by Crippen LogP contribution is 2.35. The molecule has 0 saturated carbocycles. The molecule has 1 N–H and O–H groups in total. The van der Waals surface area contributed by atoms with Gasteiger partial charge < -0.3 is 15.0 Å². The zero-order valence-corrected chi connectivity index (χ0v) is 19.1. The molecule has 1 unspecified atom stereocenters. The molecule has 5 nitrogen and oxygen atoms in total. The molecule has 0 bridgehead atoms. The predicted molar refractivity (Wildman–Crippen MR) is 120 cm³/mol. The van der Waals surface area contributed by atoms with Crippen molar-refractivity contribution in [3.63, 3.8) is 0 Å². The highest BCUT2D eigenvalue weighted by molar-refractivity contribution is 9.10. The van der Waals surface area contributed by atoms with E-state index < -0.39 is 5.92 Å². The maximum atomic E-state index is 13.9. The van der Waals surface area contributed by atoms with Crippen LogP contribution in [0.1, 0.15) is 30.4 Å². The Balaban J connectivity index is 1.45. The Bertz CT molecular complexity index is 991. The van der Waals surface area contributed by atoms with E-state index in [1.807, 2.05) is 31.2 Å². The number of aryl methyl sites for hydroxylation is 1. The number of benzene rings is 2. The summed E-state index contributed by atoms with van der Waals surface area (Å²) in [7, 11) is 0. The Labute approximate surface area is 190 Å². The quantitative estimate of drug-likeness (QED) is 0.688. The van der Waals surface area contributed by atoms with Crippen LogP contribution in [0.3, 0.4) is 0 Å². The van der Waals surface area contributed by atoms with E-state index in [1.54, 1.807) is 17.0 Å². The van der Waals surface area contributed by atoms with Gasteiger partial charge in [0, 0.05) is 48.3 Å². The van der Waals surface area contributed by atoms with Crippen molar-refractivity contribution in [3.05, 3.63) is 63.9 Å². The molecular formula is C24H26BrFN2O3. The Morgan fingerprint density at radius 3 is 2.74 bits per heavy atom. The van der Waals surface area contributed by atoms with Crippen LogP contribution in [0.4, 0.5) is 10.1 Å². The van der Waals surface area contributed by atoms with Gasteiger partial charge in [0.2, 0.25) is 11.8 Å². The lowest BCUT2D eigenvalue weighted by Crippen LogP contribution is -2.46. The maximum absolute atomic E-state index is 13.9. The van der Waals surface area contributed by atoms with Crippen molar-refractivity contribution in [2.45, 2.75) is 31.6 Å². The molecule has 4 rings (SSSR count). The summed E-state index contributed by atoms with van der Waals surface area (Å²) in [5, 5.41) is 3.06. The van der Waals surface area contributed by atoms with Crippen molar-refractivity contribution in [2.24, 2.45) is 5.92 Å². The van der Waals surface area contributed by atoms with Gasteiger partial charge in [-0.3, -0.25) is 9.59 Å². The minimum absolute atomic E-state index is 0.0483.